The molecule has 0 spiro atoms. The minimum atomic E-state index is -3.27. The lowest BCUT2D eigenvalue weighted by molar-refractivity contribution is 0.602. The Morgan fingerprint density at radius 2 is 1.96 bits per heavy atom. The molecule has 6 nitrogen and oxygen atoms in total. The Kier molecular flexibility index (Phi) is 4.08. The fraction of sp³-hybridized carbons (Fsp3) is 0.111. The monoisotopic (exact) mass is 384 g/mol. The lowest BCUT2D eigenvalue weighted by atomic mass is 10.1. The van der Waals surface area contributed by atoms with Crippen LogP contribution in [0.3, 0.4) is 0 Å². The van der Waals surface area contributed by atoms with E-state index in [0.717, 1.165) is 26.7 Å². The number of aromatic nitrogens is 3. The Morgan fingerprint density at radius 1 is 1.12 bits per heavy atom. The topological polar surface area (TPSA) is 87.7 Å². The van der Waals surface area contributed by atoms with Gasteiger partial charge in [-0.2, -0.15) is 5.10 Å². The third-order valence-corrected chi connectivity index (χ3v) is 5.96. The van der Waals surface area contributed by atoms with Gasteiger partial charge in [0, 0.05) is 27.6 Å². The molecule has 0 aliphatic heterocycles. The highest BCUT2D eigenvalue weighted by atomic mass is 32.2. The van der Waals surface area contributed by atoms with Gasteiger partial charge in [-0.1, -0.05) is 6.07 Å². The first-order chi connectivity index (χ1) is 12.5. The molecule has 2 heterocycles. The summed E-state index contributed by atoms with van der Waals surface area (Å²) in [5, 5.41) is 12.3. The molecule has 132 valence electrons. The van der Waals surface area contributed by atoms with Crippen LogP contribution in [-0.4, -0.2) is 36.1 Å². The normalized spacial score (nSPS) is 11.9. The van der Waals surface area contributed by atoms with Crippen LogP contribution >= 0.6 is 11.8 Å². The number of H-pyrrole nitrogens is 1. The number of anilines is 2. The molecule has 8 heteroatoms. The summed E-state index contributed by atoms with van der Waals surface area (Å²) in [4.78, 5) is 6.11. The van der Waals surface area contributed by atoms with Crippen LogP contribution < -0.4 is 5.32 Å². The number of benzene rings is 2. The van der Waals surface area contributed by atoms with Gasteiger partial charge in [0.15, 0.2) is 15.7 Å². The highest BCUT2D eigenvalue weighted by Gasteiger charge is 2.13. The largest absolute Gasteiger partial charge is 0.338 e. The average Bonchev–Trinajstić information content (AvgIpc) is 3.11. The maximum absolute atomic E-state index is 11.8. The minimum absolute atomic E-state index is 0.258. The summed E-state index contributed by atoms with van der Waals surface area (Å²) in [7, 11) is -3.27. The van der Waals surface area contributed by atoms with E-state index >= 15 is 0 Å². The summed E-state index contributed by atoms with van der Waals surface area (Å²) in [5.41, 5.74) is 2.27. The van der Waals surface area contributed by atoms with Crippen molar-refractivity contribution in [3.8, 4) is 0 Å². The molecule has 2 aromatic heterocycles. The lowest BCUT2D eigenvalue weighted by Crippen LogP contribution is -2.00. The van der Waals surface area contributed by atoms with Crippen molar-refractivity contribution in [3.05, 3.63) is 48.7 Å². The fourth-order valence-electron chi connectivity index (χ4n) is 2.83. The first-order valence-electron chi connectivity index (χ1n) is 7.84. The number of hydrogen-bond acceptors (Lipinski definition) is 6. The van der Waals surface area contributed by atoms with E-state index in [4.69, 9.17) is 4.98 Å². The van der Waals surface area contributed by atoms with Gasteiger partial charge in [0.25, 0.3) is 0 Å². The van der Waals surface area contributed by atoms with E-state index in [-0.39, 0.29) is 4.90 Å². The maximum Gasteiger partial charge on any atom is 0.175 e. The quantitative estimate of drug-likeness (QED) is 0.518. The molecule has 0 aliphatic carbocycles. The summed E-state index contributed by atoms with van der Waals surface area (Å²) in [6.45, 7) is 0. The second kappa shape index (κ2) is 6.30. The second-order valence-electron chi connectivity index (χ2n) is 5.93. The van der Waals surface area contributed by atoms with Crippen LogP contribution in [0.2, 0.25) is 0 Å². The molecule has 0 bridgehead atoms. The SMILES string of the molecule is CSc1ccc2nc(Nc3cccc(S(C)(=O)=O)c3)c3[nH]ncc3c2c1. The van der Waals surface area contributed by atoms with Crippen molar-refractivity contribution in [2.24, 2.45) is 0 Å². The van der Waals surface area contributed by atoms with Crippen LogP contribution in [0.4, 0.5) is 11.5 Å². The summed E-state index contributed by atoms with van der Waals surface area (Å²) in [6.07, 6.45) is 5.00. The Bertz CT molecular complexity index is 1230. The highest BCUT2D eigenvalue weighted by Crippen LogP contribution is 2.32. The molecule has 0 aliphatic rings. The van der Waals surface area contributed by atoms with Gasteiger partial charge in [0.1, 0.15) is 5.52 Å². The zero-order valence-corrected chi connectivity index (χ0v) is 15.8. The van der Waals surface area contributed by atoms with E-state index in [1.165, 1.54) is 6.26 Å². The van der Waals surface area contributed by atoms with Crippen molar-refractivity contribution >= 4 is 54.9 Å². The second-order valence-corrected chi connectivity index (χ2v) is 8.82. The van der Waals surface area contributed by atoms with Crippen LogP contribution in [0.5, 0.6) is 0 Å². The van der Waals surface area contributed by atoms with Crippen LogP contribution in [0.25, 0.3) is 21.8 Å². The van der Waals surface area contributed by atoms with Gasteiger partial charge in [0.05, 0.1) is 16.6 Å². The van der Waals surface area contributed by atoms with Gasteiger partial charge >= 0.3 is 0 Å². The van der Waals surface area contributed by atoms with E-state index in [2.05, 4.69) is 21.6 Å². The summed E-state index contributed by atoms with van der Waals surface area (Å²) >= 11 is 1.67. The smallest absolute Gasteiger partial charge is 0.175 e. The number of thioether (sulfide) groups is 1. The van der Waals surface area contributed by atoms with Crippen molar-refractivity contribution in [2.45, 2.75) is 9.79 Å². The standard InChI is InChI=1S/C18H16N4O2S2/c1-25-12-6-7-16-14(9-12)15-10-19-22-17(15)18(21-16)20-11-4-3-5-13(8-11)26(2,23)24/h3-10H,1-2H3,(H,19,22)(H,20,21). The molecule has 4 rings (SSSR count). The number of hydrogen-bond donors (Lipinski definition) is 2. The molecule has 0 saturated heterocycles. The van der Waals surface area contributed by atoms with E-state index in [9.17, 15) is 8.42 Å². The minimum Gasteiger partial charge on any atom is -0.338 e. The fourth-order valence-corrected chi connectivity index (χ4v) is 3.94. The molecular formula is C18H16N4O2S2. The molecule has 2 aromatic carbocycles. The van der Waals surface area contributed by atoms with Crippen molar-refractivity contribution in [1.29, 1.82) is 0 Å². The molecular weight excluding hydrogens is 368 g/mol. The summed E-state index contributed by atoms with van der Waals surface area (Å²) < 4.78 is 23.6. The van der Waals surface area contributed by atoms with Gasteiger partial charge in [-0.3, -0.25) is 5.10 Å². The van der Waals surface area contributed by atoms with Crippen LogP contribution in [0, 0.1) is 0 Å². The van der Waals surface area contributed by atoms with Gasteiger partial charge < -0.3 is 5.32 Å². The predicted molar refractivity (Wildman–Crippen MR) is 106 cm³/mol. The summed E-state index contributed by atoms with van der Waals surface area (Å²) in [5.74, 6) is 0.604. The van der Waals surface area contributed by atoms with Crippen molar-refractivity contribution < 1.29 is 8.42 Å². The lowest BCUT2D eigenvalue weighted by Gasteiger charge is -2.10. The Hall–Kier alpha value is -2.58. The number of pyridine rings is 1. The Balaban J connectivity index is 1.85. The molecule has 0 amide bonds. The van der Waals surface area contributed by atoms with Crippen LogP contribution in [0.15, 0.2) is 58.5 Å². The number of aromatic amines is 1. The zero-order chi connectivity index (χ0) is 18.3. The molecule has 2 N–H and O–H groups in total. The van der Waals surface area contributed by atoms with Gasteiger partial charge in [-0.15, -0.1) is 11.8 Å². The molecule has 4 aromatic rings. The van der Waals surface area contributed by atoms with Crippen molar-refractivity contribution in [1.82, 2.24) is 15.2 Å². The summed E-state index contributed by atoms with van der Waals surface area (Å²) in [6, 6.07) is 12.8. The van der Waals surface area contributed by atoms with Crippen molar-refractivity contribution in [2.75, 3.05) is 17.8 Å². The molecule has 0 fully saturated rings. The number of fused-ring (bicyclic) bond motifs is 3. The van der Waals surface area contributed by atoms with E-state index in [1.807, 2.05) is 18.4 Å². The molecule has 0 atom stereocenters. The number of nitrogens with zero attached hydrogens (tertiary/aromatic N) is 2. The first-order valence-corrected chi connectivity index (χ1v) is 11.0. The van der Waals surface area contributed by atoms with E-state index < -0.39 is 9.84 Å². The van der Waals surface area contributed by atoms with Gasteiger partial charge in [0.2, 0.25) is 0 Å². The molecule has 26 heavy (non-hydrogen) atoms. The number of sulfone groups is 1. The third-order valence-electron chi connectivity index (χ3n) is 4.13. The highest BCUT2D eigenvalue weighted by molar-refractivity contribution is 7.98. The molecule has 0 unspecified atom stereocenters. The van der Waals surface area contributed by atoms with Crippen molar-refractivity contribution in [3.63, 3.8) is 0 Å². The average molecular weight is 384 g/mol. The van der Waals surface area contributed by atoms with Gasteiger partial charge in [-0.05, 0) is 42.7 Å². The van der Waals surface area contributed by atoms with Gasteiger partial charge in [-0.25, -0.2) is 13.4 Å². The zero-order valence-electron chi connectivity index (χ0n) is 14.1. The molecule has 0 radical (unpaired) electrons. The Labute approximate surface area is 154 Å². The number of nitrogens with one attached hydrogen (secondary N) is 2. The predicted octanol–water partition coefficient (Wildman–Crippen LogP) is 3.98. The number of rotatable bonds is 4. The Morgan fingerprint density at radius 3 is 2.73 bits per heavy atom. The third kappa shape index (κ3) is 3.02. The van der Waals surface area contributed by atoms with E-state index in [0.29, 0.717) is 11.5 Å². The van der Waals surface area contributed by atoms with E-state index in [1.54, 1.807) is 42.2 Å². The maximum atomic E-state index is 11.8. The van der Waals surface area contributed by atoms with Crippen LogP contribution in [0.1, 0.15) is 0 Å². The van der Waals surface area contributed by atoms with Crippen LogP contribution in [-0.2, 0) is 9.84 Å². The molecule has 0 saturated carbocycles. The first kappa shape index (κ1) is 16.9.